The van der Waals surface area contributed by atoms with E-state index < -0.39 is 0 Å². The Labute approximate surface area is 158 Å². The van der Waals surface area contributed by atoms with Crippen molar-refractivity contribution in [2.75, 3.05) is 0 Å². The molecule has 0 saturated heterocycles. The molecular weight excluding hydrogens is 300 g/mol. The van der Waals surface area contributed by atoms with Crippen LogP contribution in [0.15, 0.2) is 59.8 Å². The van der Waals surface area contributed by atoms with Crippen molar-refractivity contribution in [1.82, 2.24) is 0 Å². The molecule has 0 rings (SSSR count). The summed E-state index contributed by atoms with van der Waals surface area (Å²) in [6.45, 7) is 21.6. The van der Waals surface area contributed by atoms with E-state index in [0.717, 1.165) is 25.7 Å². The molecule has 0 aliphatic heterocycles. The highest BCUT2D eigenvalue weighted by Gasteiger charge is 2.12. The van der Waals surface area contributed by atoms with Gasteiger partial charge in [-0.05, 0) is 91.4 Å². The summed E-state index contributed by atoms with van der Waals surface area (Å²) in [5, 5.41) is 0. The zero-order valence-corrected chi connectivity index (χ0v) is 17.8. The van der Waals surface area contributed by atoms with Crippen molar-refractivity contribution in [3.05, 3.63) is 59.8 Å². The third-order valence-corrected chi connectivity index (χ3v) is 4.81. The molecule has 0 bridgehead atoms. The van der Waals surface area contributed by atoms with E-state index in [4.69, 9.17) is 0 Å². The SMILES string of the molecule is C=C[C@@H](C)CC[C@@H](C/C=C(\C)CCC=C(C)C)C(=C)CCC=C(C)C. The van der Waals surface area contributed by atoms with Gasteiger partial charge in [-0.2, -0.15) is 0 Å². The molecule has 0 N–H and O–H groups in total. The van der Waals surface area contributed by atoms with Crippen LogP contribution in [0, 0.1) is 11.8 Å². The molecule has 0 aromatic carbocycles. The molecule has 2 atom stereocenters. The van der Waals surface area contributed by atoms with Crippen LogP contribution in [0.1, 0.15) is 86.5 Å². The minimum Gasteiger partial charge on any atom is -0.103 e. The van der Waals surface area contributed by atoms with E-state index in [-0.39, 0.29) is 0 Å². The summed E-state index contributed by atoms with van der Waals surface area (Å²) < 4.78 is 0. The van der Waals surface area contributed by atoms with Crippen molar-refractivity contribution in [1.29, 1.82) is 0 Å². The summed E-state index contributed by atoms with van der Waals surface area (Å²) in [6, 6.07) is 0. The summed E-state index contributed by atoms with van der Waals surface area (Å²) in [6.07, 6.45) is 17.3. The van der Waals surface area contributed by atoms with Gasteiger partial charge < -0.3 is 0 Å². The van der Waals surface area contributed by atoms with Gasteiger partial charge in [-0.15, -0.1) is 6.58 Å². The third-order valence-electron chi connectivity index (χ3n) is 4.81. The van der Waals surface area contributed by atoms with Gasteiger partial charge in [0.25, 0.3) is 0 Å². The first-order valence-electron chi connectivity index (χ1n) is 9.98. The van der Waals surface area contributed by atoms with Crippen LogP contribution in [0.25, 0.3) is 0 Å². The zero-order chi connectivity index (χ0) is 19.2. The third kappa shape index (κ3) is 13.6. The minimum absolute atomic E-state index is 0.593. The van der Waals surface area contributed by atoms with E-state index in [1.165, 1.54) is 41.6 Å². The molecule has 0 aromatic heterocycles. The van der Waals surface area contributed by atoms with Crippen LogP contribution in [0.3, 0.4) is 0 Å². The molecule has 0 spiro atoms. The van der Waals surface area contributed by atoms with Crippen LogP contribution in [-0.4, -0.2) is 0 Å². The summed E-state index contributed by atoms with van der Waals surface area (Å²) in [5.74, 6) is 1.20. The van der Waals surface area contributed by atoms with E-state index in [1.54, 1.807) is 0 Å². The molecule has 0 saturated carbocycles. The Morgan fingerprint density at radius 3 is 1.92 bits per heavy atom. The van der Waals surface area contributed by atoms with Crippen molar-refractivity contribution in [2.45, 2.75) is 86.5 Å². The van der Waals surface area contributed by atoms with Crippen LogP contribution in [0.4, 0.5) is 0 Å². The lowest BCUT2D eigenvalue weighted by atomic mass is 9.86. The fourth-order valence-corrected chi connectivity index (χ4v) is 2.85. The lowest BCUT2D eigenvalue weighted by molar-refractivity contribution is 0.483. The van der Waals surface area contributed by atoms with Gasteiger partial charge in [0.15, 0.2) is 0 Å². The fraction of sp³-hybridized carbons (Fsp3) is 0.600. The quantitative estimate of drug-likeness (QED) is 0.294. The Kier molecular flexibility index (Phi) is 13.2. The van der Waals surface area contributed by atoms with E-state index in [0.29, 0.717) is 11.8 Å². The summed E-state index contributed by atoms with van der Waals surface area (Å²) in [4.78, 5) is 0. The van der Waals surface area contributed by atoms with E-state index in [9.17, 15) is 0 Å². The first-order valence-corrected chi connectivity index (χ1v) is 9.98. The minimum atomic E-state index is 0.593. The van der Waals surface area contributed by atoms with Crippen LogP contribution in [0.5, 0.6) is 0 Å². The molecule has 0 aromatic rings. The lowest BCUT2D eigenvalue weighted by Gasteiger charge is -2.20. The summed E-state index contributed by atoms with van der Waals surface area (Å²) in [5.41, 5.74) is 5.75. The van der Waals surface area contributed by atoms with Gasteiger partial charge in [-0.3, -0.25) is 0 Å². The van der Waals surface area contributed by atoms with Crippen molar-refractivity contribution in [3.63, 3.8) is 0 Å². The molecule has 25 heavy (non-hydrogen) atoms. The predicted molar refractivity (Wildman–Crippen MR) is 117 cm³/mol. The maximum absolute atomic E-state index is 4.43. The largest absolute Gasteiger partial charge is 0.103 e. The average Bonchev–Trinajstić information content (AvgIpc) is 2.53. The van der Waals surface area contributed by atoms with Gasteiger partial charge in [-0.1, -0.05) is 60.1 Å². The van der Waals surface area contributed by atoms with E-state index >= 15 is 0 Å². The second-order valence-corrected chi connectivity index (χ2v) is 8.07. The molecule has 0 heteroatoms. The molecule has 142 valence electrons. The molecule has 0 fully saturated rings. The highest BCUT2D eigenvalue weighted by molar-refractivity contribution is 5.09. The molecule has 0 radical (unpaired) electrons. The van der Waals surface area contributed by atoms with Crippen molar-refractivity contribution < 1.29 is 0 Å². The molecule has 0 aliphatic rings. The second kappa shape index (κ2) is 13.9. The number of hydrogen-bond acceptors (Lipinski definition) is 0. The standard InChI is InChI=1S/C25H42/c1-9-22(6)16-18-25(24(8)15-11-13-21(4)5)19-17-23(7)14-10-12-20(2)3/h9,12-13,17,22,25H,1,8,10-11,14-16,18-19H2,2-7H3/b23-17+/t22-,25+/m1/s1. The van der Waals surface area contributed by atoms with Gasteiger partial charge in [0.2, 0.25) is 0 Å². The number of hydrogen-bond donors (Lipinski definition) is 0. The fourth-order valence-electron chi connectivity index (χ4n) is 2.85. The van der Waals surface area contributed by atoms with Crippen LogP contribution in [-0.2, 0) is 0 Å². The Morgan fingerprint density at radius 2 is 1.40 bits per heavy atom. The van der Waals surface area contributed by atoms with Gasteiger partial charge >= 0.3 is 0 Å². The predicted octanol–water partition coefficient (Wildman–Crippen LogP) is 8.59. The summed E-state index contributed by atoms with van der Waals surface area (Å²) in [7, 11) is 0. The number of allylic oxidation sites excluding steroid dienone is 8. The zero-order valence-electron chi connectivity index (χ0n) is 17.8. The van der Waals surface area contributed by atoms with Crippen molar-refractivity contribution in [2.24, 2.45) is 11.8 Å². The van der Waals surface area contributed by atoms with Crippen molar-refractivity contribution >= 4 is 0 Å². The Morgan fingerprint density at radius 1 is 0.840 bits per heavy atom. The normalized spacial score (nSPS) is 13.8. The molecule has 0 unspecified atom stereocenters. The molecule has 0 amide bonds. The second-order valence-electron chi connectivity index (χ2n) is 8.07. The highest BCUT2D eigenvalue weighted by atomic mass is 14.2. The van der Waals surface area contributed by atoms with Gasteiger partial charge in [0, 0.05) is 0 Å². The topological polar surface area (TPSA) is 0 Å². The molecule has 0 nitrogen and oxygen atoms in total. The van der Waals surface area contributed by atoms with Gasteiger partial charge in [-0.25, -0.2) is 0 Å². The molecular formula is C25H42. The molecule has 0 aliphatic carbocycles. The van der Waals surface area contributed by atoms with Gasteiger partial charge in [0.1, 0.15) is 0 Å². The number of rotatable bonds is 13. The Hall–Kier alpha value is -1.30. The Balaban J connectivity index is 4.70. The maximum Gasteiger partial charge on any atom is -0.0171 e. The first kappa shape index (κ1) is 23.7. The highest BCUT2D eigenvalue weighted by Crippen LogP contribution is 2.27. The van der Waals surface area contributed by atoms with Crippen LogP contribution < -0.4 is 0 Å². The smallest absolute Gasteiger partial charge is 0.0171 e. The first-order chi connectivity index (χ1) is 11.8. The van der Waals surface area contributed by atoms with Crippen LogP contribution >= 0.6 is 0 Å². The van der Waals surface area contributed by atoms with Crippen molar-refractivity contribution in [3.8, 4) is 0 Å². The maximum atomic E-state index is 4.43. The van der Waals surface area contributed by atoms with Gasteiger partial charge in [0.05, 0.1) is 0 Å². The van der Waals surface area contributed by atoms with Crippen LogP contribution in [0.2, 0.25) is 0 Å². The average molecular weight is 343 g/mol. The molecule has 0 heterocycles. The summed E-state index contributed by atoms with van der Waals surface area (Å²) >= 11 is 0. The van der Waals surface area contributed by atoms with E-state index in [1.807, 2.05) is 0 Å². The monoisotopic (exact) mass is 342 g/mol. The van der Waals surface area contributed by atoms with E-state index in [2.05, 4.69) is 79.0 Å². The lowest BCUT2D eigenvalue weighted by Crippen LogP contribution is -2.05. The Bertz CT molecular complexity index is 476.